The average molecular weight is 453 g/mol. The molecule has 1 aromatic carbocycles. The number of hydrogen-bond donors (Lipinski definition) is 1. The molecule has 0 atom stereocenters. The Morgan fingerprint density at radius 1 is 1.21 bits per heavy atom. The van der Waals surface area contributed by atoms with Gasteiger partial charge in [0.2, 0.25) is 0 Å². The molecule has 0 aromatic heterocycles. The number of benzene rings is 1. The highest BCUT2D eigenvalue weighted by Gasteiger charge is 2.06. The molecule has 0 saturated carbocycles. The Hall–Kier alpha value is -0.930. The number of nitrogens with zero attached hydrogens (tertiary/aromatic N) is 2. The van der Waals surface area contributed by atoms with Crippen LogP contribution in [0.2, 0.25) is 0 Å². The van der Waals surface area contributed by atoms with Crippen LogP contribution in [-0.2, 0) is 16.0 Å². The fourth-order valence-electron chi connectivity index (χ4n) is 2.00. The quantitative estimate of drug-likeness (QED) is 0.256. The summed E-state index contributed by atoms with van der Waals surface area (Å²) in [6.45, 7) is 6.12. The van der Waals surface area contributed by atoms with Gasteiger partial charge in [0.15, 0.2) is 5.96 Å². The first-order chi connectivity index (χ1) is 11.2. The molecule has 0 aliphatic rings. The van der Waals surface area contributed by atoms with Crippen LogP contribution >= 0.6 is 24.0 Å². The molecule has 0 bridgehead atoms. The predicted molar refractivity (Wildman–Crippen MR) is 107 cm³/mol. The molecule has 1 N–H and O–H groups in total. The molecule has 138 valence electrons. The molecule has 0 spiro atoms. The molecule has 1 rings (SSSR count). The van der Waals surface area contributed by atoms with E-state index in [-0.39, 0.29) is 29.8 Å². The molecule has 0 radical (unpaired) electrons. The van der Waals surface area contributed by atoms with E-state index in [1.807, 2.05) is 18.9 Å². The number of halogens is 2. The van der Waals surface area contributed by atoms with Crippen LogP contribution < -0.4 is 5.32 Å². The summed E-state index contributed by atoms with van der Waals surface area (Å²) in [5.74, 6) is 0.624. The maximum absolute atomic E-state index is 13.0. The van der Waals surface area contributed by atoms with Crippen molar-refractivity contribution in [3.05, 3.63) is 35.6 Å². The summed E-state index contributed by atoms with van der Waals surface area (Å²) < 4.78 is 23.3. The van der Waals surface area contributed by atoms with Crippen molar-refractivity contribution in [2.45, 2.75) is 19.9 Å². The SMILES string of the molecule is CCNC(=NCCCOCCOC)N(C)Cc1ccc(F)cc1.I. The van der Waals surface area contributed by atoms with E-state index in [2.05, 4.69) is 10.3 Å². The Labute approximate surface area is 161 Å². The van der Waals surface area contributed by atoms with Gasteiger partial charge in [0.25, 0.3) is 0 Å². The van der Waals surface area contributed by atoms with E-state index >= 15 is 0 Å². The summed E-state index contributed by atoms with van der Waals surface area (Å²) in [5.41, 5.74) is 1.04. The largest absolute Gasteiger partial charge is 0.382 e. The van der Waals surface area contributed by atoms with E-state index < -0.39 is 0 Å². The van der Waals surface area contributed by atoms with Gasteiger partial charge in [-0.1, -0.05) is 12.1 Å². The molecule has 0 unspecified atom stereocenters. The van der Waals surface area contributed by atoms with Crippen molar-refractivity contribution in [1.29, 1.82) is 0 Å². The Morgan fingerprint density at radius 3 is 2.54 bits per heavy atom. The normalized spacial score (nSPS) is 11.1. The van der Waals surface area contributed by atoms with Crippen LogP contribution in [0.4, 0.5) is 4.39 Å². The first kappa shape index (κ1) is 23.1. The predicted octanol–water partition coefficient (Wildman–Crippen LogP) is 2.89. The lowest BCUT2D eigenvalue weighted by atomic mass is 10.2. The van der Waals surface area contributed by atoms with Gasteiger partial charge in [-0.25, -0.2) is 4.39 Å². The van der Waals surface area contributed by atoms with Crippen molar-refractivity contribution in [2.75, 3.05) is 47.1 Å². The highest BCUT2D eigenvalue weighted by atomic mass is 127. The van der Waals surface area contributed by atoms with E-state index in [1.165, 1.54) is 12.1 Å². The topological polar surface area (TPSA) is 46.1 Å². The third kappa shape index (κ3) is 10.0. The van der Waals surface area contributed by atoms with E-state index in [1.54, 1.807) is 19.2 Å². The number of nitrogens with one attached hydrogen (secondary N) is 1. The molecule has 24 heavy (non-hydrogen) atoms. The standard InChI is InChI=1S/C17H28FN3O2.HI/c1-4-19-17(20-10-5-11-23-13-12-22-3)21(2)14-15-6-8-16(18)9-7-15;/h6-9H,4-5,10-14H2,1-3H3,(H,19,20);1H. The van der Waals surface area contributed by atoms with Crippen molar-refractivity contribution < 1.29 is 13.9 Å². The molecule has 7 heteroatoms. The second-order valence-corrected chi connectivity index (χ2v) is 5.18. The van der Waals surface area contributed by atoms with Crippen molar-refractivity contribution in [1.82, 2.24) is 10.2 Å². The van der Waals surface area contributed by atoms with Crippen molar-refractivity contribution in [3.8, 4) is 0 Å². The summed E-state index contributed by atoms with van der Waals surface area (Å²) >= 11 is 0. The Morgan fingerprint density at radius 2 is 1.92 bits per heavy atom. The maximum Gasteiger partial charge on any atom is 0.193 e. The van der Waals surface area contributed by atoms with Crippen molar-refractivity contribution in [2.24, 2.45) is 4.99 Å². The zero-order chi connectivity index (χ0) is 16.9. The number of aliphatic imine (C=N–C) groups is 1. The number of rotatable bonds is 10. The molecular weight excluding hydrogens is 424 g/mol. The van der Waals surface area contributed by atoms with Gasteiger partial charge >= 0.3 is 0 Å². The summed E-state index contributed by atoms with van der Waals surface area (Å²) in [4.78, 5) is 6.62. The van der Waals surface area contributed by atoms with Gasteiger partial charge < -0.3 is 19.7 Å². The van der Waals surface area contributed by atoms with Gasteiger partial charge in [-0.3, -0.25) is 4.99 Å². The second kappa shape index (κ2) is 14.4. The summed E-state index contributed by atoms with van der Waals surface area (Å²) in [6.07, 6.45) is 0.864. The van der Waals surface area contributed by atoms with Crippen LogP contribution in [0.1, 0.15) is 18.9 Å². The molecule has 0 fully saturated rings. The fraction of sp³-hybridized carbons (Fsp3) is 0.588. The van der Waals surface area contributed by atoms with Gasteiger partial charge in [-0.05, 0) is 31.0 Å². The number of hydrogen-bond acceptors (Lipinski definition) is 3. The molecule has 0 saturated heterocycles. The lowest BCUT2D eigenvalue weighted by Gasteiger charge is -2.22. The molecule has 5 nitrogen and oxygen atoms in total. The summed E-state index contributed by atoms with van der Waals surface area (Å²) in [5, 5.41) is 3.27. The summed E-state index contributed by atoms with van der Waals surface area (Å²) in [7, 11) is 3.63. The number of methoxy groups -OCH3 is 1. The van der Waals surface area contributed by atoms with Gasteiger partial charge in [0, 0.05) is 40.4 Å². The molecule has 0 aliphatic carbocycles. The van der Waals surface area contributed by atoms with Crippen LogP contribution in [0, 0.1) is 5.82 Å². The van der Waals surface area contributed by atoms with Gasteiger partial charge in [0.1, 0.15) is 5.82 Å². The van der Waals surface area contributed by atoms with Crippen LogP contribution in [0.3, 0.4) is 0 Å². The highest BCUT2D eigenvalue weighted by Crippen LogP contribution is 2.05. The van der Waals surface area contributed by atoms with Crippen LogP contribution in [0.15, 0.2) is 29.3 Å². The number of ether oxygens (including phenoxy) is 2. The maximum atomic E-state index is 13.0. The Kier molecular flexibility index (Phi) is 13.9. The van der Waals surface area contributed by atoms with Crippen LogP contribution in [0.25, 0.3) is 0 Å². The third-order valence-electron chi connectivity index (χ3n) is 3.17. The van der Waals surface area contributed by atoms with Crippen LogP contribution in [0.5, 0.6) is 0 Å². The average Bonchev–Trinajstić information content (AvgIpc) is 2.55. The van der Waals surface area contributed by atoms with E-state index in [4.69, 9.17) is 9.47 Å². The molecule has 1 aromatic rings. The third-order valence-corrected chi connectivity index (χ3v) is 3.17. The Bertz CT molecular complexity index is 458. The monoisotopic (exact) mass is 453 g/mol. The van der Waals surface area contributed by atoms with E-state index in [9.17, 15) is 4.39 Å². The molecular formula is C17H29FIN3O2. The lowest BCUT2D eigenvalue weighted by Crippen LogP contribution is -2.38. The Balaban J connectivity index is 0.00000529. The molecule has 0 amide bonds. The van der Waals surface area contributed by atoms with Crippen molar-refractivity contribution in [3.63, 3.8) is 0 Å². The summed E-state index contributed by atoms with van der Waals surface area (Å²) in [6, 6.07) is 6.53. The minimum absolute atomic E-state index is 0. The number of guanidine groups is 1. The van der Waals surface area contributed by atoms with E-state index in [0.29, 0.717) is 32.9 Å². The minimum Gasteiger partial charge on any atom is -0.382 e. The minimum atomic E-state index is -0.217. The smallest absolute Gasteiger partial charge is 0.193 e. The van der Waals surface area contributed by atoms with Gasteiger partial charge in [-0.15, -0.1) is 24.0 Å². The van der Waals surface area contributed by atoms with E-state index in [0.717, 1.165) is 24.5 Å². The van der Waals surface area contributed by atoms with Gasteiger partial charge in [-0.2, -0.15) is 0 Å². The molecule has 0 heterocycles. The van der Waals surface area contributed by atoms with Crippen molar-refractivity contribution >= 4 is 29.9 Å². The highest BCUT2D eigenvalue weighted by molar-refractivity contribution is 14.0. The first-order valence-electron chi connectivity index (χ1n) is 7.98. The fourth-order valence-corrected chi connectivity index (χ4v) is 2.00. The zero-order valence-electron chi connectivity index (χ0n) is 14.8. The van der Waals surface area contributed by atoms with Gasteiger partial charge in [0.05, 0.1) is 13.2 Å². The lowest BCUT2D eigenvalue weighted by molar-refractivity contribution is 0.0702. The molecule has 0 aliphatic heterocycles. The zero-order valence-corrected chi connectivity index (χ0v) is 17.1. The second-order valence-electron chi connectivity index (χ2n) is 5.18. The van der Waals surface area contributed by atoms with Crippen LogP contribution in [-0.4, -0.2) is 57.9 Å². The first-order valence-corrected chi connectivity index (χ1v) is 7.98.